The molecule has 1 aromatic heterocycles. The lowest BCUT2D eigenvalue weighted by atomic mass is 9.87. The molecule has 0 aromatic carbocycles. The Kier molecular flexibility index (Phi) is 3.75. The molecule has 0 aliphatic heterocycles. The first-order chi connectivity index (χ1) is 10.7. The number of fused-ring (bicyclic) bond motifs is 1. The zero-order chi connectivity index (χ0) is 16.8. The van der Waals surface area contributed by atoms with Gasteiger partial charge < -0.3 is 4.18 Å². The minimum atomic E-state index is -5.85. The summed E-state index contributed by atoms with van der Waals surface area (Å²) in [6, 6.07) is 1.77. The van der Waals surface area contributed by atoms with Gasteiger partial charge in [-0.3, -0.25) is 0 Å². The third-order valence-electron chi connectivity index (χ3n) is 4.06. The number of aromatic nitrogens is 1. The first kappa shape index (κ1) is 16.1. The first-order valence-corrected chi connectivity index (χ1v) is 8.62. The summed E-state index contributed by atoms with van der Waals surface area (Å²) in [6.07, 6.45) is 4.65. The molecule has 0 saturated heterocycles. The van der Waals surface area contributed by atoms with Crippen molar-refractivity contribution < 1.29 is 25.8 Å². The van der Waals surface area contributed by atoms with Gasteiger partial charge in [-0.15, -0.1) is 0 Å². The molecule has 0 unspecified atom stereocenters. The maximum Gasteiger partial charge on any atom is 0.534 e. The van der Waals surface area contributed by atoms with E-state index in [9.17, 15) is 26.9 Å². The van der Waals surface area contributed by atoms with Crippen molar-refractivity contribution in [1.82, 2.24) is 4.98 Å². The summed E-state index contributed by atoms with van der Waals surface area (Å²) in [6.45, 7) is 0. The summed E-state index contributed by atoms with van der Waals surface area (Å²) >= 11 is 0. The van der Waals surface area contributed by atoms with Gasteiger partial charge in [-0.25, -0.2) is 4.98 Å². The van der Waals surface area contributed by atoms with Gasteiger partial charge >= 0.3 is 15.6 Å². The smallest absolute Gasteiger partial charge is 0.354 e. The molecule has 1 aromatic rings. The molecule has 2 aliphatic carbocycles. The van der Waals surface area contributed by atoms with Gasteiger partial charge in [0.1, 0.15) is 11.6 Å². The minimum Gasteiger partial charge on any atom is -0.354 e. The fourth-order valence-electron chi connectivity index (χ4n) is 2.85. The second-order valence-corrected chi connectivity index (χ2v) is 7.25. The van der Waals surface area contributed by atoms with Gasteiger partial charge in [-0.1, -0.05) is 0 Å². The summed E-state index contributed by atoms with van der Waals surface area (Å²) in [5.41, 5.74) is -3.70. The first-order valence-electron chi connectivity index (χ1n) is 7.21. The number of pyridine rings is 1. The van der Waals surface area contributed by atoms with Crippen LogP contribution in [-0.4, -0.2) is 18.9 Å². The Hall–Kier alpha value is -1.82. The van der Waals surface area contributed by atoms with Gasteiger partial charge in [0, 0.05) is 5.92 Å². The van der Waals surface area contributed by atoms with Crippen molar-refractivity contribution in [2.45, 2.75) is 50.0 Å². The van der Waals surface area contributed by atoms with Gasteiger partial charge in [-0.2, -0.15) is 26.9 Å². The number of rotatable bonds is 3. The van der Waals surface area contributed by atoms with Gasteiger partial charge in [0.25, 0.3) is 5.88 Å². The highest BCUT2D eigenvalue weighted by molar-refractivity contribution is 7.87. The summed E-state index contributed by atoms with van der Waals surface area (Å²) in [7, 11) is -5.85. The largest absolute Gasteiger partial charge is 0.534 e. The molecule has 0 spiro atoms. The van der Waals surface area contributed by atoms with Crippen molar-refractivity contribution in [3.05, 3.63) is 22.4 Å². The second-order valence-electron chi connectivity index (χ2n) is 5.71. The number of nitrogens with zero attached hydrogens (tertiary/aromatic N) is 2. The minimum absolute atomic E-state index is 0.116. The Morgan fingerprint density at radius 3 is 2.30 bits per heavy atom. The van der Waals surface area contributed by atoms with Crippen molar-refractivity contribution in [3.8, 4) is 11.9 Å². The maximum absolute atomic E-state index is 12.5. The molecule has 0 N–H and O–H groups in total. The standard InChI is InChI=1S/C14H13F3N2O3S/c15-14(16,17)23(20,21)22-13-11(7-18)9-3-1-2-4-10(9)12(19-13)8-5-6-8/h8H,1-6H2. The Morgan fingerprint density at radius 1 is 1.17 bits per heavy atom. The van der Waals surface area contributed by atoms with Crippen molar-refractivity contribution >= 4 is 10.1 Å². The number of hydrogen-bond donors (Lipinski definition) is 0. The van der Waals surface area contributed by atoms with E-state index in [1.165, 1.54) is 0 Å². The van der Waals surface area contributed by atoms with Crippen LogP contribution in [0.5, 0.6) is 5.88 Å². The van der Waals surface area contributed by atoms with Gasteiger partial charge in [0.2, 0.25) is 0 Å². The molecule has 1 saturated carbocycles. The lowest BCUT2D eigenvalue weighted by Gasteiger charge is -2.22. The van der Waals surface area contributed by atoms with Crippen molar-refractivity contribution in [3.63, 3.8) is 0 Å². The van der Waals surface area contributed by atoms with Crippen LogP contribution < -0.4 is 4.18 Å². The molecule has 1 heterocycles. The van der Waals surface area contributed by atoms with Crippen LogP contribution in [0.15, 0.2) is 0 Å². The van der Waals surface area contributed by atoms with Crippen LogP contribution in [0.1, 0.15) is 54.0 Å². The molecule has 124 valence electrons. The highest BCUT2D eigenvalue weighted by atomic mass is 32.2. The molecule has 23 heavy (non-hydrogen) atoms. The molecule has 0 amide bonds. The number of nitriles is 1. The predicted molar refractivity (Wildman–Crippen MR) is 73.2 cm³/mol. The van der Waals surface area contributed by atoms with Crippen molar-refractivity contribution in [1.29, 1.82) is 5.26 Å². The average Bonchev–Trinajstić information content (AvgIpc) is 3.29. The van der Waals surface area contributed by atoms with Crippen LogP contribution in [0.25, 0.3) is 0 Å². The number of hydrogen-bond acceptors (Lipinski definition) is 5. The Balaban J connectivity index is 2.14. The zero-order valence-electron chi connectivity index (χ0n) is 12.0. The van der Waals surface area contributed by atoms with E-state index in [0.717, 1.165) is 31.2 Å². The molecule has 2 aliphatic rings. The van der Waals surface area contributed by atoms with E-state index in [0.29, 0.717) is 24.1 Å². The van der Waals surface area contributed by atoms with E-state index in [4.69, 9.17) is 0 Å². The van der Waals surface area contributed by atoms with Crippen LogP contribution in [0.4, 0.5) is 13.2 Å². The normalized spacial score (nSPS) is 18.2. The van der Waals surface area contributed by atoms with Crippen LogP contribution in [0.3, 0.4) is 0 Å². The molecule has 0 radical (unpaired) electrons. The van der Waals surface area contributed by atoms with E-state index in [-0.39, 0.29) is 11.5 Å². The molecule has 5 nitrogen and oxygen atoms in total. The van der Waals surface area contributed by atoms with E-state index < -0.39 is 21.5 Å². The van der Waals surface area contributed by atoms with Crippen LogP contribution in [0, 0.1) is 11.3 Å². The topological polar surface area (TPSA) is 80.0 Å². The van der Waals surface area contributed by atoms with Gasteiger partial charge in [0.05, 0.1) is 5.69 Å². The van der Waals surface area contributed by atoms with E-state index >= 15 is 0 Å². The van der Waals surface area contributed by atoms with E-state index in [2.05, 4.69) is 9.17 Å². The van der Waals surface area contributed by atoms with Crippen molar-refractivity contribution in [2.24, 2.45) is 0 Å². The highest BCUT2D eigenvalue weighted by Gasteiger charge is 2.49. The summed E-state index contributed by atoms with van der Waals surface area (Å²) in [5.74, 6) is -0.627. The van der Waals surface area contributed by atoms with Crippen LogP contribution in [0.2, 0.25) is 0 Å². The zero-order valence-corrected chi connectivity index (χ0v) is 12.8. The van der Waals surface area contributed by atoms with Gasteiger partial charge in [-0.05, 0) is 49.7 Å². The molecule has 9 heteroatoms. The molecule has 3 rings (SSSR count). The fourth-order valence-corrected chi connectivity index (χ4v) is 3.27. The SMILES string of the molecule is N#Cc1c(OS(=O)(=O)C(F)(F)F)nc(C2CC2)c2c1CCCC2. The molecule has 0 bridgehead atoms. The maximum atomic E-state index is 12.5. The Bertz CT molecular complexity index is 793. The van der Waals surface area contributed by atoms with Gasteiger partial charge in [0.15, 0.2) is 0 Å². The van der Waals surface area contributed by atoms with E-state index in [1.807, 2.05) is 0 Å². The third kappa shape index (κ3) is 2.87. The summed E-state index contributed by atoms with van der Waals surface area (Å²) < 4.78 is 64.3. The monoisotopic (exact) mass is 346 g/mol. The lowest BCUT2D eigenvalue weighted by molar-refractivity contribution is -0.0501. The summed E-state index contributed by atoms with van der Waals surface area (Å²) in [4.78, 5) is 3.99. The molecule has 0 atom stereocenters. The molecule has 1 fully saturated rings. The molecular formula is C14H13F3N2O3S. The van der Waals surface area contributed by atoms with E-state index in [1.54, 1.807) is 6.07 Å². The second kappa shape index (κ2) is 5.37. The Morgan fingerprint density at radius 2 is 1.78 bits per heavy atom. The van der Waals surface area contributed by atoms with Crippen molar-refractivity contribution in [2.75, 3.05) is 0 Å². The highest BCUT2D eigenvalue weighted by Crippen LogP contribution is 2.45. The number of alkyl halides is 3. The van der Waals surface area contributed by atoms with Crippen LogP contribution >= 0.6 is 0 Å². The summed E-state index contributed by atoms with van der Waals surface area (Å²) in [5, 5.41) is 9.27. The van der Waals surface area contributed by atoms with Crippen LogP contribution in [-0.2, 0) is 23.0 Å². The predicted octanol–water partition coefficient (Wildman–Crippen LogP) is 2.94. The Labute approximate surface area is 131 Å². The lowest BCUT2D eigenvalue weighted by Crippen LogP contribution is -2.29. The molecular weight excluding hydrogens is 333 g/mol. The average molecular weight is 346 g/mol. The quantitative estimate of drug-likeness (QED) is 0.621. The third-order valence-corrected chi connectivity index (χ3v) is 5.01. The number of halogens is 3. The fraction of sp³-hybridized carbons (Fsp3) is 0.571.